The molecule has 3 aliphatic rings. The highest BCUT2D eigenvalue weighted by atomic mass is 16.6. The van der Waals surface area contributed by atoms with E-state index >= 15 is 0 Å². The van der Waals surface area contributed by atoms with Crippen molar-refractivity contribution in [1.29, 1.82) is 0 Å². The molecule has 3 unspecified atom stereocenters. The molecule has 20 heavy (non-hydrogen) atoms. The van der Waals surface area contributed by atoms with Gasteiger partial charge in [0.1, 0.15) is 6.04 Å². The molecule has 0 aromatic rings. The van der Waals surface area contributed by atoms with Crippen molar-refractivity contribution >= 4 is 11.9 Å². The quantitative estimate of drug-likeness (QED) is 0.691. The van der Waals surface area contributed by atoms with E-state index in [4.69, 9.17) is 9.47 Å². The normalized spacial score (nSPS) is 38.9. The largest absolute Gasteiger partial charge is 0.480 e. The summed E-state index contributed by atoms with van der Waals surface area (Å²) in [5.74, 6) is -0.987. The molecular weight excluding hydrogens is 264 g/mol. The number of carbonyl (C=O) groups is 2. The lowest BCUT2D eigenvalue weighted by Gasteiger charge is -2.45. The minimum Gasteiger partial charge on any atom is -0.480 e. The summed E-state index contributed by atoms with van der Waals surface area (Å²) in [5.41, 5.74) is -0.278. The molecular formula is C13H20N2O5. The zero-order valence-electron chi connectivity index (χ0n) is 11.3. The van der Waals surface area contributed by atoms with E-state index in [1.807, 2.05) is 4.90 Å². The summed E-state index contributed by atoms with van der Waals surface area (Å²) in [4.78, 5) is 24.8. The van der Waals surface area contributed by atoms with E-state index in [1.165, 1.54) is 0 Å². The zero-order chi connectivity index (χ0) is 14.2. The number of aliphatic carboxylic acids is 1. The molecule has 0 aromatic heterocycles. The van der Waals surface area contributed by atoms with Gasteiger partial charge in [-0.3, -0.25) is 14.5 Å². The average molecular weight is 284 g/mol. The summed E-state index contributed by atoms with van der Waals surface area (Å²) in [5, 5.41) is 12.0. The first-order valence-electron chi connectivity index (χ1n) is 7.07. The molecule has 112 valence electrons. The molecule has 0 aromatic carbocycles. The molecule has 3 aliphatic heterocycles. The van der Waals surface area contributed by atoms with Crippen molar-refractivity contribution in [3.63, 3.8) is 0 Å². The minimum atomic E-state index is -0.881. The number of carbonyl (C=O) groups excluding carboxylic acids is 1. The SMILES string of the molecule is O=C1CN(C2CCOC3(CCOC3)C2)C(C(=O)O)CN1. The van der Waals surface area contributed by atoms with Gasteiger partial charge in [-0.25, -0.2) is 0 Å². The van der Waals surface area contributed by atoms with Gasteiger partial charge in [-0.1, -0.05) is 0 Å². The number of ether oxygens (including phenoxy) is 2. The van der Waals surface area contributed by atoms with Crippen LogP contribution in [-0.4, -0.2) is 72.5 Å². The van der Waals surface area contributed by atoms with Crippen molar-refractivity contribution in [1.82, 2.24) is 10.2 Å². The lowest BCUT2D eigenvalue weighted by Crippen LogP contribution is -2.62. The van der Waals surface area contributed by atoms with E-state index < -0.39 is 12.0 Å². The van der Waals surface area contributed by atoms with E-state index in [0.29, 0.717) is 19.8 Å². The number of rotatable bonds is 2. The van der Waals surface area contributed by atoms with Gasteiger partial charge in [0.25, 0.3) is 0 Å². The maximum atomic E-state index is 11.6. The van der Waals surface area contributed by atoms with Crippen molar-refractivity contribution in [3.8, 4) is 0 Å². The lowest BCUT2D eigenvalue weighted by atomic mass is 9.88. The summed E-state index contributed by atoms with van der Waals surface area (Å²) < 4.78 is 11.3. The highest BCUT2D eigenvalue weighted by molar-refractivity contribution is 5.83. The second kappa shape index (κ2) is 5.31. The van der Waals surface area contributed by atoms with Gasteiger partial charge in [-0.05, 0) is 12.8 Å². The van der Waals surface area contributed by atoms with Crippen molar-refractivity contribution in [3.05, 3.63) is 0 Å². The number of hydrogen-bond donors (Lipinski definition) is 2. The van der Waals surface area contributed by atoms with Gasteiger partial charge >= 0.3 is 5.97 Å². The molecule has 3 rings (SSSR count). The minimum absolute atomic E-state index is 0.0672. The Morgan fingerprint density at radius 3 is 3.00 bits per heavy atom. The Bertz CT molecular complexity index is 408. The standard InChI is InChI=1S/C13H20N2O5/c16-11-7-15(10(6-14-11)12(17)18)9-1-3-20-13(5-9)2-4-19-8-13/h9-10H,1-8H2,(H,14,16)(H,17,18). The van der Waals surface area contributed by atoms with E-state index in [0.717, 1.165) is 19.3 Å². The van der Waals surface area contributed by atoms with Crippen LogP contribution < -0.4 is 5.32 Å². The third-order valence-corrected chi connectivity index (χ3v) is 4.51. The van der Waals surface area contributed by atoms with Crippen molar-refractivity contribution in [2.45, 2.75) is 36.9 Å². The van der Waals surface area contributed by atoms with E-state index in [2.05, 4.69) is 5.32 Å². The first kappa shape index (κ1) is 13.8. The van der Waals surface area contributed by atoms with Gasteiger partial charge in [-0.15, -0.1) is 0 Å². The van der Waals surface area contributed by atoms with Crippen LogP contribution in [0.1, 0.15) is 19.3 Å². The third kappa shape index (κ3) is 2.53. The Hall–Kier alpha value is -1.18. The highest BCUT2D eigenvalue weighted by Gasteiger charge is 2.45. The van der Waals surface area contributed by atoms with Gasteiger partial charge in [0, 0.05) is 32.2 Å². The van der Waals surface area contributed by atoms with Crippen LogP contribution in [0.15, 0.2) is 0 Å². The maximum absolute atomic E-state index is 11.6. The number of carboxylic acids is 1. The fourth-order valence-electron chi connectivity index (χ4n) is 3.42. The first-order chi connectivity index (χ1) is 9.60. The Morgan fingerprint density at radius 2 is 2.30 bits per heavy atom. The van der Waals surface area contributed by atoms with E-state index in [1.54, 1.807) is 0 Å². The van der Waals surface area contributed by atoms with Crippen molar-refractivity contribution in [2.24, 2.45) is 0 Å². The zero-order valence-corrected chi connectivity index (χ0v) is 11.3. The molecule has 3 fully saturated rings. The summed E-state index contributed by atoms with van der Waals surface area (Å²) >= 11 is 0. The Kier molecular flexibility index (Phi) is 3.66. The molecule has 0 aliphatic carbocycles. The second-order valence-corrected chi connectivity index (χ2v) is 5.81. The Morgan fingerprint density at radius 1 is 1.45 bits per heavy atom. The molecule has 0 radical (unpaired) electrons. The summed E-state index contributed by atoms with van der Waals surface area (Å²) in [7, 11) is 0. The topological polar surface area (TPSA) is 88.1 Å². The average Bonchev–Trinajstić information content (AvgIpc) is 2.86. The molecule has 2 N–H and O–H groups in total. The predicted molar refractivity (Wildman–Crippen MR) is 68.3 cm³/mol. The third-order valence-electron chi connectivity index (χ3n) is 4.51. The second-order valence-electron chi connectivity index (χ2n) is 5.81. The van der Waals surface area contributed by atoms with Crippen LogP contribution in [0, 0.1) is 0 Å². The summed E-state index contributed by atoms with van der Waals surface area (Å²) in [6, 6.07) is -0.576. The molecule has 7 nitrogen and oxygen atoms in total. The van der Waals surface area contributed by atoms with Gasteiger partial charge in [-0.2, -0.15) is 0 Å². The van der Waals surface area contributed by atoms with Crippen LogP contribution in [0.4, 0.5) is 0 Å². The van der Waals surface area contributed by atoms with Gasteiger partial charge in [0.2, 0.25) is 5.91 Å². The number of hydrogen-bond acceptors (Lipinski definition) is 5. The van der Waals surface area contributed by atoms with Gasteiger partial charge in [0.15, 0.2) is 0 Å². The Balaban J connectivity index is 1.75. The molecule has 3 heterocycles. The molecule has 0 saturated carbocycles. The van der Waals surface area contributed by atoms with E-state index in [-0.39, 0.29) is 30.6 Å². The van der Waals surface area contributed by atoms with Crippen molar-refractivity contribution in [2.75, 3.05) is 32.9 Å². The van der Waals surface area contributed by atoms with Crippen LogP contribution in [0.25, 0.3) is 0 Å². The number of amides is 1. The number of nitrogens with one attached hydrogen (secondary N) is 1. The number of piperazine rings is 1. The molecule has 1 spiro atoms. The van der Waals surface area contributed by atoms with Crippen LogP contribution >= 0.6 is 0 Å². The lowest BCUT2D eigenvalue weighted by molar-refractivity contribution is -0.154. The van der Waals surface area contributed by atoms with E-state index in [9.17, 15) is 14.7 Å². The fraction of sp³-hybridized carbons (Fsp3) is 0.846. The van der Waals surface area contributed by atoms with Crippen LogP contribution in [-0.2, 0) is 19.1 Å². The smallest absolute Gasteiger partial charge is 0.322 e. The summed E-state index contributed by atoms with van der Waals surface area (Å²) in [6.45, 7) is 2.18. The molecule has 0 bridgehead atoms. The molecule has 3 saturated heterocycles. The van der Waals surface area contributed by atoms with Crippen molar-refractivity contribution < 1.29 is 24.2 Å². The number of carboxylic acid groups (broad SMARTS) is 1. The first-order valence-corrected chi connectivity index (χ1v) is 7.07. The van der Waals surface area contributed by atoms with Crippen LogP contribution in [0.5, 0.6) is 0 Å². The number of nitrogens with zero attached hydrogens (tertiary/aromatic N) is 1. The van der Waals surface area contributed by atoms with Gasteiger partial charge in [0.05, 0.1) is 18.8 Å². The monoisotopic (exact) mass is 284 g/mol. The molecule has 7 heteroatoms. The molecule has 1 amide bonds. The van der Waals surface area contributed by atoms with Crippen LogP contribution in [0.2, 0.25) is 0 Å². The fourth-order valence-corrected chi connectivity index (χ4v) is 3.42. The molecule has 3 atom stereocenters. The Labute approximate surface area is 117 Å². The summed E-state index contributed by atoms with van der Waals surface area (Å²) in [6.07, 6.45) is 2.35. The maximum Gasteiger partial charge on any atom is 0.322 e. The van der Waals surface area contributed by atoms with Crippen LogP contribution in [0.3, 0.4) is 0 Å². The predicted octanol–water partition coefficient (Wildman–Crippen LogP) is -0.790. The highest BCUT2D eigenvalue weighted by Crippen LogP contribution is 2.35. The van der Waals surface area contributed by atoms with Gasteiger partial charge < -0.3 is 19.9 Å².